The maximum Gasteiger partial charge on any atom is 0.286 e. The van der Waals surface area contributed by atoms with E-state index >= 15 is 0 Å². The molecule has 2 aromatic rings. The largest absolute Gasteiger partial charge is 0.286 e. The SMILES string of the molecule is Cc1ccc(/C=C2/SC(=S)N(/N=C/C=C\c3ccccc3)C2=O)cc1. The van der Waals surface area contributed by atoms with E-state index in [1.54, 1.807) is 12.3 Å². The first-order valence-corrected chi connectivity index (χ1v) is 8.96. The number of carbonyl (C=O) groups is 1. The summed E-state index contributed by atoms with van der Waals surface area (Å²) in [5, 5.41) is 5.43. The zero-order chi connectivity index (χ0) is 17.6. The molecule has 1 aliphatic rings. The number of allylic oxidation sites excluding steroid dienone is 1. The number of hydrazone groups is 1. The number of thiocarbonyl (C=S) groups is 1. The Labute approximate surface area is 156 Å². The van der Waals surface area contributed by atoms with Gasteiger partial charge < -0.3 is 0 Å². The summed E-state index contributed by atoms with van der Waals surface area (Å²) in [4.78, 5) is 13.0. The van der Waals surface area contributed by atoms with Gasteiger partial charge in [0, 0.05) is 6.21 Å². The molecule has 0 saturated carbocycles. The number of benzene rings is 2. The van der Waals surface area contributed by atoms with Crippen molar-refractivity contribution in [2.45, 2.75) is 6.92 Å². The average Bonchev–Trinajstić information content (AvgIpc) is 2.88. The first-order valence-electron chi connectivity index (χ1n) is 7.74. The van der Waals surface area contributed by atoms with Gasteiger partial charge in [-0.1, -0.05) is 78.0 Å². The third-order valence-electron chi connectivity index (χ3n) is 3.50. The van der Waals surface area contributed by atoms with Crippen LogP contribution >= 0.6 is 24.0 Å². The molecule has 3 nitrogen and oxygen atoms in total. The first-order chi connectivity index (χ1) is 12.1. The Kier molecular flexibility index (Phi) is 5.58. The number of thioether (sulfide) groups is 1. The topological polar surface area (TPSA) is 32.7 Å². The Balaban J connectivity index is 1.70. The van der Waals surface area contributed by atoms with Crippen molar-refractivity contribution in [2.75, 3.05) is 0 Å². The van der Waals surface area contributed by atoms with E-state index in [0.29, 0.717) is 9.23 Å². The first kappa shape index (κ1) is 17.3. The molecule has 0 bridgehead atoms. The van der Waals surface area contributed by atoms with Crippen molar-refractivity contribution >= 4 is 52.6 Å². The van der Waals surface area contributed by atoms with Crippen molar-refractivity contribution in [1.82, 2.24) is 5.01 Å². The van der Waals surface area contributed by atoms with E-state index < -0.39 is 0 Å². The van der Waals surface area contributed by atoms with Crippen LogP contribution in [0, 0.1) is 6.92 Å². The highest BCUT2D eigenvalue weighted by Gasteiger charge is 2.31. The van der Waals surface area contributed by atoms with E-state index in [0.717, 1.165) is 11.1 Å². The third kappa shape index (κ3) is 4.53. The molecule has 0 aliphatic carbocycles. The summed E-state index contributed by atoms with van der Waals surface area (Å²) >= 11 is 6.53. The van der Waals surface area contributed by atoms with Crippen LogP contribution in [0.15, 0.2) is 70.7 Å². The molecule has 0 unspecified atom stereocenters. The Morgan fingerprint density at radius 3 is 2.48 bits per heavy atom. The molecule has 25 heavy (non-hydrogen) atoms. The zero-order valence-electron chi connectivity index (χ0n) is 13.6. The lowest BCUT2D eigenvalue weighted by Crippen LogP contribution is -2.21. The number of nitrogens with zero attached hydrogens (tertiary/aromatic N) is 2. The molecule has 1 heterocycles. The van der Waals surface area contributed by atoms with Gasteiger partial charge in [0.2, 0.25) is 0 Å². The highest BCUT2D eigenvalue weighted by Crippen LogP contribution is 2.32. The van der Waals surface area contributed by atoms with Crippen molar-refractivity contribution in [3.05, 3.63) is 82.3 Å². The summed E-state index contributed by atoms with van der Waals surface area (Å²) in [5.74, 6) is -0.195. The van der Waals surface area contributed by atoms with Gasteiger partial charge in [0.25, 0.3) is 5.91 Å². The van der Waals surface area contributed by atoms with Gasteiger partial charge >= 0.3 is 0 Å². The van der Waals surface area contributed by atoms with Crippen molar-refractivity contribution in [2.24, 2.45) is 5.10 Å². The lowest BCUT2D eigenvalue weighted by atomic mass is 10.1. The van der Waals surface area contributed by atoms with Crippen molar-refractivity contribution in [3.63, 3.8) is 0 Å². The molecular formula is C20H16N2OS2. The van der Waals surface area contributed by atoms with Gasteiger partial charge in [0.15, 0.2) is 4.32 Å². The Bertz CT molecular complexity index is 868. The number of amides is 1. The van der Waals surface area contributed by atoms with Gasteiger partial charge in [0.05, 0.1) is 4.91 Å². The summed E-state index contributed by atoms with van der Waals surface area (Å²) in [7, 11) is 0. The molecule has 0 N–H and O–H groups in total. The quantitative estimate of drug-likeness (QED) is 0.440. The molecule has 1 aliphatic heterocycles. The fourth-order valence-electron chi connectivity index (χ4n) is 2.20. The molecule has 1 amide bonds. The lowest BCUT2D eigenvalue weighted by molar-refractivity contribution is -0.122. The smallest absolute Gasteiger partial charge is 0.266 e. The summed E-state index contributed by atoms with van der Waals surface area (Å²) in [5.41, 5.74) is 3.22. The number of carbonyl (C=O) groups excluding carboxylic acids is 1. The van der Waals surface area contributed by atoms with E-state index in [4.69, 9.17) is 12.2 Å². The number of aryl methyl sites for hydroxylation is 1. The van der Waals surface area contributed by atoms with E-state index in [1.165, 1.54) is 22.3 Å². The van der Waals surface area contributed by atoms with E-state index in [9.17, 15) is 4.79 Å². The van der Waals surface area contributed by atoms with E-state index in [-0.39, 0.29) is 5.91 Å². The van der Waals surface area contributed by atoms with Gasteiger partial charge in [-0.2, -0.15) is 10.1 Å². The minimum atomic E-state index is -0.195. The summed E-state index contributed by atoms with van der Waals surface area (Å²) in [6, 6.07) is 17.9. The highest BCUT2D eigenvalue weighted by atomic mass is 32.2. The second-order valence-corrected chi connectivity index (χ2v) is 7.11. The van der Waals surface area contributed by atoms with Crippen LogP contribution in [0.5, 0.6) is 0 Å². The number of rotatable bonds is 4. The van der Waals surface area contributed by atoms with Crippen LogP contribution in [0.25, 0.3) is 12.2 Å². The van der Waals surface area contributed by atoms with Crippen molar-refractivity contribution in [1.29, 1.82) is 0 Å². The standard InChI is InChI=1S/C20H16N2OS2/c1-15-9-11-17(12-10-15)14-18-19(23)22(20(24)25-18)21-13-5-8-16-6-3-2-4-7-16/h2-14H,1H3/b8-5-,18-14+,21-13+. The Hall–Kier alpha value is -2.50. The van der Waals surface area contributed by atoms with Gasteiger partial charge in [-0.3, -0.25) is 4.79 Å². The Morgan fingerprint density at radius 2 is 1.76 bits per heavy atom. The molecule has 1 saturated heterocycles. The molecule has 3 rings (SSSR count). The van der Waals surface area contributed by atoms with Crippen LogP contribution in [0.4, 0.5) is 0 Å². The van der Waals surface area contributed by atoms with Crippen LogP contribution < -0.4 is 0 Å². The van der Waals surface area contributed by atoms with Gasteiger partial charge in [-0.15, -0.1) is 0 Å². The minimum Gasteiger partial charge on any atom is -0.266 e. The predicted molar refractivity (Wildman–Crippen MR) is 110 cm³/mol. The van der Waals surface area contributed by atoms with E-state index in [2.05, 4.69) is 5.10 Å². The van der Waals surface area contributed by atoms with Crippen LogP contribution in [0.1, 0.15) is 16.7 Å². The van der Waals surface area contributed by atoms with Crippen LogP contribution in [-0.2, 0) is 4.79 Å². The predicted octanol–water partition coefficient (Wildman–Crippen LogP) is 4.90. The average molecular weight is 364 g/mol. The van der Waals surface area contributed by atoms with Gasteiger partial charge in [-0.25, -0.2) is 0 Å². The second-order valence-electron chi connectivity index (χ2n) is 5.44. The molecule has 0 radical (unpaired) electrons. The van der Waals surface area contributed by atoms with Crippen molar-refractivity contribution in [3.8, 4) is 0 Å². The highest BCUT2D eigenvalue weighted by molar-refractivity contribution is 8.26. The maximum atomic E-state index is 12.5. The molecule has 0 aromatic heterocycles. The van der Waals surface area contributed by atoms with E-state index in [1.807, 2.05) is 73.7 Å². The third-order valence-corrected chi connectivity index (χ3v) is 4.79. The second kappa shape index (κ2) is 8.05. The molecule has 0 spiro atoms. The molecule has 1 fully saturated rings. The van der Waals surface area contributed by atoms with Crippen molar-refractivity contribution < 1.29 is 4.79 Å². The molecule has 0 atom stereocenters. The number of hydrogen-bond donors (Lipinski definition) is 0. The minimum absolute atomic E-state index is 0.195. The van der Waals surface area contributed by atoms with Crippen LogP contribution in [0.3, 0.4) is 0 Å². The zero-order valence-corrected chi connectivity index (χ0v) is 15.3. The maximum absolute atomic E-state index is 12.5. The summed E-state index contributed by atoms with van der Waals surface area (Å²) in [6.07, 6.45) is 7.13. The molecule has 2 aromatic carbocycles. The van der Waals surface area contributed by atoms with Crippen LogP contribution in [0.2, 0.25) is 0 Å². The fourth-order valence-corrected chi connectivity index (χ4v) is 3.37. The Morgan fingerprint density at radius 1 is 1.04 bits per heavy atom. The fraction of sp³-hybridized carbons (Fsp3) is 0.0500. The molecule has 124 valence electrons. The summed E-state index contributed by atoms with van der Waals surface area (Å²) < 4.78 is 0.438. The monoisotopic (exact) mass is 364 g/mol. The number of hydrogen-bond acceptors (Lipinski definition) is 4. The lowest BCUT2D eigenvalue weighted by Gasteiger charge is -2.04. The van der Waals surface area contributed by atoms with Gasteiger partial charge in [-0.05, 0) is 42.4 Å². The normalized spacial score (nSPS) is 16.7. The van der Waals surface area contributed by atoms with Crippen LogP contribution in [-0.4, -0.2) is 21.5 Å². The molecule has 5 heteroatoms. The summed E-state index contributed by atoms with van der Waals surface area (Å²) in [6.45, 7) is 2.03. The van der Waals surface area contributed by atoms with Gasteiger partial charge in [0.1, 0.15) is 0 Å². The molecular weight excluding hydrogens is 348 g/mol.